The molecule has 108 valence electrons. The predicted molar refractivity (Wildman–Crippen MR) is 68.8 cm³/mol. The van der Waals surface area contributed by atoms with E-state index in [1.54, 1.807) is 0 Å². The summed E-state index contributed by atoms with van der Waals surface area (Å²) in [6, 6.07) is 4.00. The summed E-state index contributed by atoms with van der Waals surface area (Å²) in [5, 5.41) is 3.70. The van der Waals surface area contributed by atoms with Gasteiger partial charge in [0.25, 0.3) is 5.91 Å². The molecule has 1 fully saturated rings. The fraction of sp³-hybridized carbons (Fsp3) is 0.231. The molecule has 2 unspecified atom stereocenters. The van der Waals surface area contributed by atoms with Crippen LogP contribution in [0.5, 0.6) is 0 Å². The van der Waals surface area contributed by atoms with Gasteiger partial charge in [-0.15, -0.1) is 0 Å². The number of carbonyl (C=O) groups excluding carboxylic acids is 3. The Morgan fingerprint density at radius 1 is 1.29 bits per heavy atom. The van der Waals surface area contributed by atoms with E-state index in [-0.39, 0.29) is 11.4 Å². The van der Waals surface area contributed by atoms with Gasteiger partial charge in [0, 0.05) is 0 Å². The third kappa shape index (κ3) is 1.87. The Kier molecular flexibility index (Phi) is 2.93. The molecule has 0 aromatic heterocycles. The van der Waals surface area contributed by atoms with Gasteiger partial charge in [-0.05, 0) is 24.3 Å². The molecule has 7 nitrogen and oxygen atoms in total. The Hall–Kier alpha value is -2.77. The number of nitrogens with one attached hydrogen (secondary N) is 1. The van der Waals surface area contributed by atoms with Crippen molar-refractivity contribution in [3.05, 3.63) is 30.1 Å². The Morgan fingerprint density at radius 2 is 1.95 bits per heavy atom. The van der Waals surface area contributed by atoms with E-state index in [2.05, 4.69) is 15.3 Å². The third-order valence-corrected chi connectivity index (χ3v) is 3.40. The molecule has 2 aliphatic heterocycles. The van der Waals surface area contributed by atoms with Crippen LogP contribution in [0.1, 0.15) is 0 Å². The molecule has 1 saturated heterocycles. The number of imide groups is 1. The predicted octanol–water partition coefficient (Wildman–Crippen LogP) is -0.184. The van der Waals surface area contributed by atoms with Crippen LogP contribution in [0.4, 0.5) is 10.1 Å². The van der Waals surface area contributed by atoms with Gasteiger partial charge in [-0.1, -0.05) is 0 Å². The molecule has 2 amide bonds. The molecule has 0 radical (unpaired) electrons. The van der Waals surface area contributed by atoms with Crippen LogP contribution in [0, 0.1) is 11.7 Å². The van der Waals surface area contributed by atoms with E-state index in [1.165, 1.54) is 12.1 Å². The molecule has 3 rings (SSSR count). The Bertz CT molecular complexity index is 670. The zero-order valence-electron chi connectivity index (χ0n) is 10.9. The molecule has 0 bridgehead atoms. The maximum Gasteiger partial charge on any atom is 0.355 e. The number of methoxy groups -OCH3 is 1. The Balaban J connectivity index is 1.95. The normalized spacial score (nSPS) is 23.7. The van der Waals surface area contributed by atoms with Crippen molar-refractivity contribution in [3.8, 4) is 0 Å². The van der Waals surface area contributed by atoms with Crippen molar-refractivity contribution in [1.82, 2.24) is 5.43 Å². The summed E-state index contributed by atoms with van der Waals surface area (Å²) in [5.41, 5.74) is 2.58. The van der Waals surface area contributed by atoms with Gasteiger partial charge in [-0.3, -0.25) is 15.0 Å². The summed E-state index contributed by atoms with van der Waals surface area (Å²) >= 11 is 0. The van der Waals surface area contributed by atoms with Crippen molar-refractivity contribution in [2.24, 2.45) is 11.0 Å². The van der Waals surface area contributed by atoms with Gasteiger partial charge in [-0.2, -0.15) is 5.10 Å². The summed E-state index contributed by atoms with van der Waals surface area (Å²) in [6.07, 6.45) is 0. The number of hydrogen-bond donors (Lipinski definition) is 1. The van der Waals surface area contributed by atoms with Crippen molar-refractivity contribution in [3.63, 3.8) is 0 Å². The van der Waals surface area contributed by atoms with Crippen LogP contribution >= 0.6 is 0 Å². The van der Waals surface area contributed by atoms with E-state index in [4.69, 9.17) is 0 Å². The monoisotopic (exact) mass is 291 g/mol. The lowest BCUT2D eigenvalue weighted by Crippen LogP contribution is -2.36. The number of hydrogen-bond acceptors (Lipinski definition) is 6. The average molecular weight is 291 g/mol. The van der Waals surface area contributed by atoms with Crippen LogP contribution in [-0.4, -0.2) is 36.6 Å². The molecule has 1 aromatic rings. The van der Waals surface area contributed by atoms with Gasteiger partial charge >= 0.3 is 5.97 Å². The SMILES string of the molecule is COC(=O)C1=NNC2C(=O)N(c3ccc(F)cc3)C(=O)C12. The molecule has 0 saturated carbocycles. The first-order valence-corrected chi connectivity index (χ1v) is 6.09. The van der Waals surface area contributed by atoms with Crippen LogP contribution in [0.25, 0.3) is 0 Å². The Labute approximate surface area is 118 Å². The van der Waals surface area contributed by atoms with Gasteiger partial charge in [-0.25, -0.2) is 14.1 Å². The number of amides is 2. The van der Waals surface area contributed by atoms with Gasteiger partial charge in [0.15, 0.2) is 5.71 Å². The number of hydrazone groups is 1. The second-order valence-corrected chi connectivity index (χ2v) is 4.56. The van der Waals surface area contributed by atoms with E-state index in [9.17, 15) is 18.8 Å². The van der Waals surface area contributed by atoms with Crippen molar-refractivity contribution < 1.29 is 23.5 Å². The summed E-state index contributed by atoms with van der Waals surface area (Å²) in [6.45, 7) is 0. The lowest BCUT2D eigenvalue weighted by atomic mass is 9.99. The maximum atomic E-state index is 12.9. The van der Waals surface area contributed by atoms with Gasteiger partial charge in [0.1, 0.15) is 17.8 Å². The number of halogens is 1. The number of nitrogens with zero attached hydrogens (tertiary/aromatic N) is 2. The summed E-state index contributed by atoms with van der Waals surface area (Å²) in [5.74, 6) is -3.40. The first-order chi connectivity index (χ1) is 10.0. The molecule has 1 N–H and O–H groups in total. The quantitative estimate of drug-likeness (QED) is 0.603. The molecule has 0 spiro atoms. The number of carbonyl (C=O) groups is 3. The third-order valence-electron chi connectivity index (χ3n) is 3.40. The number of rotatable bonds is 2. The van der Waals surface area contributed by atoms with E-state index in [0.29, 0.717) is 0 Å². The smallest absolute Gasteiger partial charge is 0.355 e. The largest absolute Gasteiger partial charge is 0.464 e. The molecule has 1 aromatic carbocycles. The minimum absolute atomic E-state index is 0.134. The van der Waals surface area contributed by atoms with Crippen LogP contribution < -0.4 is 10.3 Å². The summed E-state index contributed by atoms with van der Waals surface area (Å²) < 4.78 is 17.5. The second-order valence-electron chi connectivity index (χ2n) is 4.56. The van der Waals surface area contributed by atoms with E-state index < -0.39 is 35.6 Å². The van der Waals surface area contributed by atoms with Gasteiger partial charge < -0.3 is 4.74 Å². The number of benzene rings is 1. The molecule has 2 heterocycles. The first-order valence-electron chi connectivity index (χ1n) is 6.09. The van der Waals surface area contributed by atoms with Crippen LogP contribution in [0.15, 0.2) is 29.4 Å². The Morgan fingerprint density at radius 3 is 2.57 bits per heavy atom. The van der Waals surface area contributed by atoms with Crippen LogP contribution in [-0.2, 0) is 19.1 Å². The molecular weight excluding hydrogens is 281 g/mol. The van der Waals surface area contributed by atoms with Crippen molar-refractivity contribution >= 4 is 29.2 Å². The second kappa shape index (κ2) is 4.65. The van der Waals surface area contributed by atoms with Crippen molar-refractivity contribution in [2.75, 3.05) is 12.0 Å². The minimum Gasteiger partial charge on any atom is -0.464 e. The van der Waals surface area contributed by atoms with Crippen molar-refractivity contribution in [2.45, 2.75) is 6.04 Å². The highest BCUT2D eigenvalue weighted by molar-refractivity contribution is 6.46. The van der Waals surface area contributed by atoms with E-state index >= 15 is 0 Å². The van der Waals surface area contributed by atoms with Crippen LogP contribution in [0.3, 0.4) is 0 Å². The maximum absolute atomic E-state index is 12.9. The number of ether oxygens (including phenoxy) is 1. The molecule has 2 aliphatic rings. The fourth-order valence-corrected chi connectivity index (χ4v) is 2.41. The summed E-state index contributed by atoms with van der Waals surface area (Å²) in [4.78, 5) is 37.1. The van der Waals surface area contributed by atoms with Gasteiger partial charge in [0.2, 0.25) is 5.91 Å². The zero-order chi connectivity index (χ0) is 15.1. The first kappa shape index (κ1) is 13.2. The fourth-order valence-electron chi connectivity index (χ4n) is 2.41. The topological polar surface area (TPSA) is 88.1 Å². The van der Waals surface area contributed by atoms with E-state index in [1.807, 2.05) is 0 Å². The standard InChI is InChI=1S/C13H10FN3O4/c1-21-13(20)10-8-9(15-16-10)12(19)17(11(8)18)7-4-2-6(14)3-5-7/h2-5,8-9,15H,1H3. The highest BCUT2D eigenvalue weighted by atomic mass is 19.1. The minimum atomic E-state index is -1.02. The van der Waals surface area contributed by atoms with E-state index in [0.717, 1.165) is 24.1 Å². The highest BCUT2D eigenvalue weighted by Crippen LogP contribution is 2.30. The number of esters is 1. The zero-order valence-corrected chi connectivity index (χ0v) is 10.9. The lowest BCUT2D eigenvalue weighted by molar-refractivity contribution is -0.133. The molecule has 8 heteroatoms. The highest BCUT2D eigenvalue weighted by Gasteiger charge is 2.55. The van der Waals surface area contributed by atoms with Gasteiger partial charge in [0.05, 0.1) is 12.8 Å². The number of fused-ring (bicyclic) bond motifs is 1. The summed E-state index contributed by atoms with van der Waals surface area (Å²) in [7, 11) is 1.16. The number of anilines is 1. The molecular formula is C13H10FN3O4. The van der Waals surface area contributed by atoms with Crippen molar-refractivity contribution in [1.29, 1.82) is 0 Å². The molecule has 2 atom stereocenters. The lowest BCUT2D eigenvalue weighted by Gasteiger charge is -2.15. The van der Waals surface area contributed by atoms with Crippen LogP contribution in [0.2, 0.25) is 0 Å². The molecule has 21 heavy (non-hydrogen) atoms. The molecule has 0 aliphatic carbocycles. The average Bonchev–Trinajstić information content (AvgIpc) is 3.01.